The maximum absolute atomic E-state index is 13.2. The first-order chi connectivity index (χ1) is 16.0. The van der Waals surface area contributed by atoms with Gasteiger partial charge in [0.25, 0.3) is 11.7 Å². The molecular weight excluding hydrogens is 438 g/mol. The maximum Gasteiger partial charge on any atom is 0.296 e. The summed E-state index contributed by atoms with van der Waals surface area (Å²) < 4.78 is 5.70. The highest BCUT2D eigenvalue weighted by atomic mass is 32.1. The summed E-state index contributed by atoms with van der Waals surface area (Å²) >= 11 is 1.46. The Bertz CT molecular complexity index is 1270. The third kappa shape index (κ3) is 3.66. The number of Topliss-reactive ketones (excluding diaryl/α,β-unsaturated/α-hetero) is 1. The summed E-state index contributed by atoms with van der Waals surface area (Å²) in [5, 5.41) is 13.3. The third-order valence-corrected chi connectivity index (χ3v) is 7.15. The van der Waals surface area contributed by atoms with E-state index in [0.29, 0.717) is 17.9 Å². The van der Waals surface area contributed by atoms with Crippen LogP contribution in [0.1, 0.15) is 27.7 Å². The zero-order valence-electron chi connectivity index (χ0n) is 18.3. The summed E-state index contributed by atoms with van der Waals surface area (Å²) in [5.41, 5.74) is 3.03. The summed E-state index contributed by atoms with van der Waals surface area (Å²) in [6.45, 7) is 3.42. The Kier molecular flexibility index (Phi) is 5.38. The van der Waals surface area contributed by atoms with Gasteiger partial charge in [-0.3, -0.25) is 14.6 Å². The highest BCUT2D eigenvalue weighted by Gasteiger charge is 2.47. The monoisotopic (exact) mass is 461 g/mol. The first-order valence-electron chi connectivity index (χ1n) is 10.7. The molecule has 0 radical (unpaired) electrons. The summed E-state index contributed by atoms with van der Waals surface area (Å²) in [4.78, 5) is 35.1. The van der Waals surface area contributed by atoms with Crippen LogP contribution in [-0.2, 0) is 16.1 Å². The second kappa shape index (κ2) is 8.37. The minimum atomic E-state index is -0.691. The van der Waals surface area contributed by atoms with E-state index >= 15 is 0 Å². The van der Waals surface area contributed by atoms with Crippen LogP contribution in [-0.4, -0.2) is 46.9 Å². The zero-order valence-corrected chi connectivity index (χ0v) is 19.1. The van der Waals surface area contributed by atoms with Gasteiger partial charge < -0.3 is 19.6 Å². The number of ketones is 1. The van der Waals surface area contributed by atoms with E-state index in [1.54, 1.807) is 30.5 Å². The lowest BCUT2D eigenvalue weighted by atomic mass is 9.97. The molecule has 0 saturated carbocycles. The Morgan fingerprint density at radius 1 is 1.24 bits per heavy atom. The SMILES string of the molecule is Cc1ccsc1C1/C(=C(/O)c2ccc3c(c2)N(C)CCO3)C(=O)C(=O)N1Cc1ccccn1. The van der Waals surface area contributed by atoms with Crippen LogP contribution in [0.3, 0.4) is 0 Å². The number of fused-ring (bicyclic) bond motifs is 1. The third-order valence-electron chi connectivity index (χ3n) is 6.08. The van der Waals surface area contributed by atoms with E-state index in [1.807, 2.05) is 42.5 Å². The van der Waals surface area contributed by atoms with Gasteiger partial charge in [0.2, 0.25) is 0 Å². The van der Waals surface area contributed by atoms with Crippen molar-refractivity contribution in [2.24, 2.45) is 0 Å². The van der Waals surface area contributed by atoms with Crippen molar-refractivity contribution in [3.63, 3.8) is 0 Å². The standard InChI is InChI=1S/C25H23N3O4S/c1-15-8-12-33-24(15)21-20(23(30)25(31)28(21)14-17-5-3-4-9-26-17)22(29)16-6-7-19-18(13-16)27(2)10-11-32-19/h3-9,12-13,21,29H,10-11,14H2,1-2H3/b22-20-. The summed E-state index contributed by atoms with van der Waals surface area (Å²) in [6.07, 6.45) is 1.66. The van der Waals surface area contributed by atoms with Crippen LogP contribution < -0.4 is 9.64 Å². The number of pyridine rings is 1. The van der Waals surface area contributed by atoms with Gasteiger partial charge in [0.05, 0.1) is 30.0 Å². The fourth-order valence-electron chi connectivity index (χ4n) is 4.30. The molecule has 33 heavy (non-hydrogen) atoms. The molecule has 0 bridgehead atoms. The van der Waals surface area contributed by atoms with Gasteiger partial charge in [-0.25, -0.2) is 0 Å². The van der Waals surface area contributed by atoms with Crippen molar-refractivity contribution in [3.8, 4) is 5.75 Å². The van der Waals surface area contributed by atoms with E-state index in [0.717, 1.165) is 28.4 Å². The van der Waals surface area contributed by atoms with E-state index in [2.05, 4.69) is 4.98 Å². The van der Waals surface area contributed by atoms with Crippen molar-refractivity contribution in [2.45, 2.75) is 19.5 Å². The summed E-state index contributed by atoms with van der Waals surface area (Å²) in [7, 11) is 1.95. The number of likely N-dealkylation sites (N-methyl/N-ethyl adjacent to an activating group) is 1. The molecule has 3 aromatic rings. The molecule has 2 aliphatic rings. The Hall–Kier alpha value is -3.65. The first-order valence-corrected chi connectivity index (χ1v) is 11.5. The zero-order chi connectivity index (χ0) is 23.1. The number of hydrogen-bond acceptors (Lipinski definition) is 7. The van der Waals surface area contributed by atoms with E-state index < -0.39 is 17.7 Å². The Morgan fingerprint density at radius 3 is 2.82 bits per heavy atom. The molecule has 1 aromatic carbocycles. The van der Waals surface area contributed by atoms with Gasteiger partial charge in [-0.05, 0) is 54.3 Å². The van der Waals surface area contributed by atoms with Crippen LogP contribution in [0.15, 0.2) is 59.6 Å². The molecule has 2 aliphatic heterocycles. The number of likely N-dealkylation sites (tertiary alicyclic amines) is 1. The Balaban J connectivity index is 1.64. The molecule has 1 saturated heterocycles. The van der Waals surface area contributed by atoms with Gasteiger partial charge in [-0.1, -0.05) is 6.07 Å². The van der Waals surface area contributed by atoms with Gasteiger partial charge in [-0.2, -0.15) is 0 Å². The predicted molar refractivity (Wildman–Crippen MR) is 126 cm³/mol. The van der Waals surface area contributed by atoms with E-state index in [-0.39, 0.29) is 17.9 Å². The minimum absolute atomic E-state index is 0.0980. The van der Waals surface area contributed by atoms with Crippen LogP contribution in [0.5, 0.6) is 5.75 Å². The molecule has 1 N–H and O–H groups in total. The number of aryl methyl sites for hydroxylation is 1. The number of ether oxygens (including phenoxy) is 1. The minimum Gasteiger partial charge on any atom is -0.507 e. The summed E-state index contributed by atoms with van der Waals surface area (Å²) in [5.74, 6) is -0.792. The number of carbonyl (C=O) groups is 2. The average Bonchev–Trinajstić information content (AvgIpc) is 3.35. The number of thiophene rings is 1. The van der Waals surface area contributed by atoms with Crippen molar-refractivity contribution in [1.82, 2.24) is 9.88 Å². The summed E-state index contributed by atoms with van der Waals surface area (Å²) in [6, 6.07) is 12.0. The van der Waals surface area contributed by atoms with Crippen molar-refractivity contribution in [2.75, 3.05) is 25.1 Å². The second-order valence-electron chi connectivity index (χ2n) is 8.17. The van der Waals surface area contributed by atoms with Crippen LogP contribution >= 0.6 is 11.3 Å². The molecule has 0 aliphatic carbocycles. The highest BCUT2D eigenvalue weighted by Crippen LogP contribution is 2.44. The van der Waals surface area contributed by atoms with Crippen LogP contribution in [0.2, 0.25) is 0 Å². The fourth-order valence-corrected chi connectivity index (χ4v) is 5.35. The normalized spacial score (nSPS) is 19.5. The molecule has 8 heteroatoms. The highest BCUT2D eigenvalue weighted by molar-refractivity contribution is 7.10. The molecule has 7 nitrogen and oxygen atoms in total. The second-order valence-corrected chi connectivity index (χ2v) is 9.12. The molecule has 0 spiro atoms. The van der Waals surface area contributed by atoms with Gasteiger partial charge in [0, 0.05) is 23.7 Å². The molecule has 2 aromatic heterocycles. The number of carbonyl (C=O) groups excluding carboxylic acids is 2. The number of amides is 1. The number of hydrogen-bond donors (Lipinski definition) is 1. The number of aromatic nitrogens is 1. The topological polar surface area (TPSA) is 83.0 Å². The lowest BCUT2D eigenvalue weighted by molar-refractivity contribution is -0.140. The molecule has 4 heterocycles. The number of rotatable bonds is 4. The lowest BCUT2D eigenvalue weighted by Crippen LogP contribution is -2.29. The lowest BCUT2D eigenvalue weighted by Gasteiger charge is -2.28. The van der Waals surface area contributed by atoms with Crippen molar-refractivity contribution in [3.05, 3.63) is 81.3 Å². The molecular formula is C25H23N3O4S. The largest absolute Gasteiger partial charge is 0.507 e. The molecule has 5 rings (SSSR count). The molecule has 1 fully saturated rings. The van der Waals surface area contributed by atoms with Crippen molar-refractivity contribution < 1.29 is 19.4 Å². The smallest absolute Gasteiger partial charge is 0.296 e. The first kappa shape index (κ1) is 21.2. The molecule has 1 unspecified atom stereocenters. The van der Waals surface area contributed by atoms with E-state index in [9.17, 15) is 14.7 Å². The molecule has 1 amide bonds. The Morgan fingerprint density at radius 2 is 2.09 bits per heavy atom. The van der Waals surface area contributed by atoms with Gasteiger partial charge in [-0.15, -0.1) is 11.3 Å². The Labute approximate surface area is 195 Å². The fraction of sp³-hybridized carbons (Fsp3) is 0.240. The van der Waals surface area contributed by atoms with Gasteiger partial charge >= 0.3 is 0 Å². The number of nitrogens with zero attached hydrogens (tertiary/aromatic N) is 3. The predicted octanol–water partition coefficient (Wildman–Crippen LogP) is 3.90. The number of benzene rings is 1. The van der Waals surface area contributed by atoms with Crippen molar-refractivity contribution in [1.29, 1.82) is 0 Å². The number of aliphatic hydroxyl groups excluding tert-OH is 1. The number of anilines is 1. The van der Waals surface area contributed by atoms with Crippen molar-refractivity contribution >= 4 is 34.5 Å². The van der Waals surface area contributed by atoms with Crippen LogP contribution in [0.25, 0.3) is 5.76 Å². The van der Waals surface area contributed by atoms with E-state index in [1.165, 1.54) is 16.2 Å². The number of aliphatic hydroxyl groups is 1. The quantitative estimate of drug-likeness (QED) is 0.361. The van der Waals surface area contributed by atoms with E-state index in [4.69, 9.17) is 4.74 Å². The molecule has 1 atom stereocenters. The van der Waals surface area contributed by atoms with Crippen LogP contribution in [0.4, 0.5) is 5.69 Å². The van der Waals surface area contributed by atoms with Gasteiger partial charge in [0.1, 0.15) is 24.2 Å². The average molecular weight is 462 g/mol. The maximum atomic E-state index is 13.2. The van der Waals surface area contributed by atoms with Crippen LogP contribution in [0, 0.1) is 6.92 Å². The molecule has 168 valence electrons. The van der Waals surface area contributed by atoms with Gasteiger partial charge in [0.15, 0.2) is 0 Å².